The normalized spacial score (nSPS) is 17.6. The lowest BCUT2D eigenvalue weighted by Crippen LogP contribution is -2.44. The molecule has 26 heavy (non-hydrogen) atoms. The average molecular weight is 376 g/mol. The molecule has 7 heteroatoms. The van der Waals surface area contributed by atoms with Crippen molar-refractivity contribution in [3.63, 3.8) is 0 Å². The molecule has 0 aromatic carbocycles. The lowest BCUT2D eigenvalue weighted by molar-refractivity contribution is 0.612. The Hall–Kier alpha value is -2.15. The van der Waals surface area contributed by atoms with E-state index in [1.54, 1.807) is 12.3 Å². The van der Waals surface area contributed by atoms with Gasteiger partial charge in [-0.05, 0) is 44.0 Å². The van der Waals surface area contributed by atoms with E-state index >= 15 is 0 Å². The van der Waals surface area contributed by atoms with Gasteiger partial charge in [-0.25, -0.2) is 14.4 Å². The highest BCUT2D eigenvalue weighted by Gasteiger charge is 2.25. The molecule has 1 aliphatic rings. The van der Waals surface area contributed by atoms with Gasteiger partial charge in [0.25, 0.3) is 0 Å². The second-order valence-corrected chi connectivity index (χ2v) is 7.55. The number of aromatic nitrogens is 1. The highest BCUT2D eigenvalue weighted by Crippen LogP contribution is 2.21. The van der Waals surface area contributed by atoms with Crippen LogP contribution in [-0.2, 0) is 13.0 Å². The van der Waals surface area contributed by atoms with Gasteiger partial charge >= 0.3 is 0 Å². The van der Waals surface area contributed by atoms with Crippen LogP contribution in [0.15, 0.2) is 35.5 Å². The molecule has 0 radical (unpaired) electrons. The fraction of sp³-hybridized carbons (Fsp3) is 0.474. The molecule has 0 aliphatic carbocycles. The van der Waals surface area contributed by atoms with Gasteiger partial charge in [-0.1, -0.05) is 6.92 Å². The van der Waals surface area contributed by atoms with Gasteiger partial charge in [-0.15, -0.1) is 11.3 Å². The zero-order chi connectivity index (χ0) is 18.4. The number of pyridine rings is 1. The van der Waals surface area contributed by atoms with Crippen LogP contribution in [0.25, 0.3) is 0 Å². The van der Waals surface area contributed by atoms with E-state index in [2.05, 4.69) is 41.6 Å². The third-order valence-electron chi connectivity index (χ3n) is 4.37. The first kappa shape index (κ1) is 18.6. The van der Waals surface area contributed by atoms with Gasteiger partial charge in [0.15, 0.2) is 17.6 Å². The van der Waals surface area contributed by atoms with Crippen molar-refractivity contribution in [2.45, 2.75) is 39.3 Å². The number of aryl methyl sites for hydroxylation is 1. The molecule has 0 bridgehead atoms. The molecule has 3 rings (SSSR count). The van der Waals surface area contributed by atoms with Crippen LogP contribution in [-0.4, -0.2) is 36.6 Å². The van der Waals surface area contributed by atoms with Crippen molar-refractivity contribution >= 4 is 23.1 Å². The van der Waals surface area contributed by atoms with Crippen LogP contribution < -0.4 is 15.5 Å². The number of thiophene rings is 1. The van der Waals surface area contributed by atoms with E-state index in [0.29, 0.717) is 12.4 Å². The van der Waals surface area contributed by atoms with Gasteiger partial charge in [-0.3, -0.25) is 0 Å². The number of nitrogens with one attached hydrogen (secondary N) is 2. The zero-order valence-corrected chi connectivity index (χ0v) is 16.2. The number of nitrogens with zero attached hydrogens (tertiary/aromatic N) is 3. The summed E-state index contributed by atoms with van der Waals surface area (Å²) >= 11 is 1.81. The molecular formula is C19H26FN5S. The molecule has 0 spiro atoms. The molecule has 140 valence electrons. The monoisotopic (exact) mass is 375 g/mol. The average Bonchev–Trinajstić information content (AvgIpc) is 3.29. The maximum absolute atomic E-state index is 13.9. The van der Waals surface area contributed by atoms with Crippen LogP contribution in [0, 0.1) is 5.82 Å². The van der Waals surface area contributed by atoms with Crippen LogP contribution in [0.2, 0.25) is 0 Å². The summed E-state index contributed by atoms with van der Waals surface area (Å²) < 4.78 is 13.9. The molecule has 1 atom stereocenters. The maximum atomic E-state index is 13.9. The molecule has 0 amide bonds. The fourth-order valence-electron chi connectivity index (χ4n) is 3.05. The predicted molar refractivity (Wildman–Crippen MR) is 106 cm³/mol. The Morgan fingerprint density at radius 3 is 2.92 bits per heavy atom. The Morgan fingerprint density at radius 1 is 1.35 bits per heavy atom. The fourth-order valence-corrected chi connectivity index (χ4v) is 3.93. The quantitative estimate of drug-likeness (QED) is 0.601. The van der Waals surface area contributed by atoms with E-state index in [-0.39, 0.29) is 11.9 Å². The first-order chi connectivity index (χ1) is 12.7. The summed E-state index contributed by atoms with van der Waals surface area (Å²) in [5.41, 5.74) is 0. The van der Waals surface area contributed by atoms with Crippen molar-refractivity contribution in [1.82, 2.24) is 15.6 Å². The number of anilines is 1. The molecule has 1 saturated heterocycles. The van der Waals surface area contributed by atoms with Gasteiger partial charge in [0, 0.05) is 41.6 Å². The molecule has 2 N–H and O–H groups in total. The summed E-state index contributed by atoms with van der Waals surface area (Å²) in [7, 11) is 0. The SMILES string of the molecule is CCNC(=NCc1ccc(CC)s1)NC1CCN(c2ncccc2F)C1. The topological polar surface area (TPSA) is 52.6 Å². The predicted octanol–water partition coefficient (Wildman–Crippen LogP) is 3.18. The highest BCUT2D eigenvalue weighted by molar-refractivity contribution is 7.11. The summed E-state index contributed by atoms with van der Waals surface area (Å²) in [6.45, 7) is 7.21. The third kappa shape index (κ3) is 4.72. The summed E-state index contributed by atoms with van der Waals surface area (Å²) in [6, 6.07) is 7.63. The Balaban J connectivity index is 1.59. The van der Waals surface area contributed by atoms with Gasteiger partial charge in [0.05, 0.1) is 6.54 Å². The van der Waals surface area contributed by atoms with Crippen LogP contribution >= 0.6 is 11.3 Å². The van der Waals surface area contributed by atoms with Crippen LogP contribution in [0.4, 0.5) is 10.2 Å². The highest BCUT2D eigenvalue weighted by atomic mass is 32.1. The van der Waals surface area contributed by atoms with Crippen LogP contribution in [0.3, 0.4) is 0 Å². The standard InChI is InChI=1S/C19H26FN5S/c1-3-15-7-8-16(26-15)12-23-19(21-4-2)24-14-9-11-25(13-14)18-17(20)6-5-10-22-18/h5-8,10,14H,3-4,9,11-13H2,1-2H3,(H2,21,23,24). The second kappa shape index (κ2) is 8.98. The van der Waals surface area contributed by atoms with Gasteiger partial charge in [0.2, 0.25) is 0 Å². The summed E-state index contributed by atoms with van der Waals surface area (Å²) in [4.78, 5) is 13.5. The molecule has 1 aliphatic heterocycles. The first-order valence-electron chi connectivity index (χ1n) is 9.17. The van der Waals surface area contributed by atoms with Crippen molar-refractivity contribution in [1.29, 1.82) is 0 Å². The lowest BCUT2D eigenvalue weighted by Gasteiger charge is -2.19. The van der Waals surface area contributed by atoms with Crippen molar-refractivity contribution in [2.75, 3.05) is 24.5 Å². The minimum atomic E-state index is -0.266. The Kier molecular flexibility index (Phi) is 6.44. The molecular weight excluding hydrogens is 349 g/mol. The molecule has 2 aromatic rings. The lowest BCUT2D eigenvalue weighted by atomic mass is 10.3. The minimum Gasteiger partial charge on any atom is -0.357 e. The van der Waals surface area contributed by atoms with Crippen molar-refractivity contribution in [2.24, 2.45) is 4.99 Å². The second-order valence-electron chi connectivity index (χ2n) is 6.30. The number of aliphatic imine (C=N–C) groups is 1. The number of guanidine groups is 1. The van der Waals surface area contributed by atoms with Gasteiger partial charge in [0.1, 0.15) is 0 Å². The maximum Gasteiger partial charge on any atom is 0.191 e. The largest absolute Gasteiger partial charge is 0.357 e. The number of hydrogen-bond acceptors (Lipinski definition) is 4. The van der Waals surface area contributed by atoms with E-state index in [4.69, 9.17) is 4.99 Å². The zero-order valence-electron chi connectivity index (χ0n) is 15.3. The number of halogens is 1. The summed E-state index contributed by atoms with van der Waals surface area (Å²) in [5, 5.41) is 6.78. The van der Waals surface area contributed by atoms with E-state index in [1.165, 1.54) is 15.8 Å². The molecule has 3 heterocycles. The molecule has 1 unspecified atom stereocenters. The molecule has 5 nitrogen and oxygen atoms in total. The van der Waals surface area contributed by atoms with E-state index in [0.717, 1.165) is 38.4 Å². The molecule has 1 fully saturated rings. The Labute approximate surface area is 158 Å². The Bertz CT molecular complexity index is 745. The van der Waals surface area contributed by atoms with Crippen molar-refractivity contribution in [3.8, 4) is 0 Å². The smallest absolute Gasteiger partial charge is 0.191 e. The summed E-state index contributed by atoms with van der Waals surface area (Å²) in [6.07, 6.45) is 3.63. The van der Waals surface area contributed by atoms with Crippen molar-refractivity contribution in [3.05, 3.63) is 46.0 Å². The van der Waals surface area contributed by atoms with E-state index < -0.39 is 0 Å². The first-order valence-corrected chi connectivity index (χ1v) is 9.99. The van der Waals surface area contributed by atoms with Crippen LogP contribution in [0.1, 0.15) is 30.0 Å². The van der Waals surface area contributed by atoms with Gasteiger partial charge in [-0.2, -0.15) is 0 Å². The molecule has 2 aromatic heterocycles. The van der Waals surface area contributed by atoms with Crippen LogP contribution in [0.5, 0.6) is 0 Å². The molecule has 0 saturated carbocycles. The van der Waals surface area contributed by atoms with E-state index in [1.807, 2.05) is 16.2 Å². The van der Waals surface area contributed by atoms with Gasteiger partial charge < -0.3 is 15.5 Å². The summed E-state index contributed by atoms with van der Waals surface area (Å²) in [5.74, 6) is 0.981. The van der Waals surface area contributed by atoms with E-state index in [9.17, 15) is 4.39 Å². The van der Waals surface area contributed by atoms with Crippen molar-refractivity contribution < 1.29 is 4.39 Å². The number of rotatable bonds is 6. The third-order valence-corrected chi connectivity index (χ3v) is 5.58. The minimum absolute atomic E-state index is 0.226. The Morgan fingerprint density at radius 2 is 2.19 bits per heavy atom. The number of hydrogen-bond donors (Lipinski definition) is 2.